The van der Waals surface area contributed by atoms with Gasteiger partial charge >= 0.3 is 6.18 Å². The maximum atomic E-state index is 12.8. The SMILES string of the molecule is N#Cc1ccc(NCCNc2nc(-c3ccc(C(F)(F)F)cc3)cc3ncnn23)nc1. The molecule has 0 aliphatic heterocycles. The summed E-state index contributed by atoms with van der Waals surface area (Å²) in [4.78, 5) is 12.8. The van der Waals surface area contributed by atoms with Crippen LogP contribution in [0, 0.1) is 11.3 Å². The summed E-state index contributed by atoms with van der Waals surface area (Å²) in [6.45, 7) is 0.960. The zero-order valence-electron chi connectivity index (χ0n) is 15.9. The van der Waals surface area contributed by atoms with E-state index in [1.807, 2.05) is 6.07 Å². The average Bonchev–Trinajstić information content (AvgIpc) is 3.25. The molecule has 0 amide bonds. The molecular weight excluding hydrogens is 409 g/mol. The highest BCUT2D eigenvalue weighted by molar-refractivity contribution is 5.66. The summed E-state index contributed by atoms with van der Waals surface area (Å²) in [6, 6.07) is 11.8. The number of pyridine rings is 1. The fraction of sp³-hybridized carbons (Fsp3) is 0.150. The highest BCUT2D eigenvalue weighted by Crippen LogP contribution is 2.31. The molecule has 1 aromatic carbocycles. The first-order chi connectivity index (χ1) is 14.9. The van der Waals surface area contributed by atoms with Crippen LogP contribution in [0.25, 0.3) is 16.9 Å². The van der Waals surface area contributed by atoms with E-state index in [1.54, 1.807) is 18.2 Å². The predicted molar refractivity (Wildman–Crippen MR) is 107 cm³/mol. The molecule has 4 aromatic rings. The van der Waals surface area contributed by atoms with Crippen molar-refractivity contribution in [2.45, 2.75) is 6.18 Å². The molecule has 31 heavy (non-hydrogen) atoms. The molecule has 2 N–H and O–H groups in total. The summed E-state index contributed by atoms with van der Waals surface area (Å²) in [5.41, 5.74) is 1.26. The normalized spacial score (nSPS) is 11.3. The average molecular weight is 424 g/mol. The molecule has 3 aromatic heterocycles. The second-order valence-corrected chi connectivity index (χ2v) is 6.47. The van der Waals surface area contributed by atoms with Crippen molar-refractivity contribution in [1.82, 2.24) is 24.6 Å². The van der Waals surface area contributed by atoms with Crippen molar-refractivity contribution in [2.24, 2.45) is 0 Å². The van der Waals surface area contributed by atoms with Crippen LogP contribution in [-0.4, -0.2) is 37.7 Å². The van der Waals surface area contributed by atoms with Crippen LogP contribution < -0.4 is 10.6 Å². The van der Waals surface area contributed by atoms with Gasteiger partial charge in [-0.15, -0.1) is 0 Å². The lowest BCUT2D eigenvalue weighted by molar-refractivity contribution is -0.137. The first-order valence-corrected chi connectivity index (χ1v) is 9.16. The number of alkyl halides is 3. The first kappa shape index (κ1) is 20.1. The number of aromatic nitrogens is 5. The van der Waals surface area contributed by atoms with Crippen LogP contribution in [0.15, 0.2) is 55.0 Å². The van der Waals surface area contributed by atoms with Gasteiger partial charge in [0, 0.05) is 30.9 Å². The van der Waals surface area contributed by atoms with Gasteiger partial charge < -0.3 is 10.6 Å². The van der Waals surface area contributed by atoms with E-state index in [9.17, 15) is 13.2 Å². The van der Waals surface area contributed by atoms with Crippen LogP contribution in [0.3, 0.4) is 0 Å². The summed E-state index contributed by atoms with van der Waals surface area (Å²) in [5.74, 6) is 1.03. The van der Waals surface area contributed by atoms with E-state index >= 15 is 0 Å². The third-order valence-corrected chi connectivity index (χ3v) is 4.38. The largest absolute Gasteiger partial charge is 0.416 e. The Morgan fingerprint density at radius 1 is 1.00 bits per heavy atom. The quantitative estimate of drug-likeness (QED) is 0.456. The number of nitriles is 1. The third-order valence-electron chi connectivity index (χ3n) is 4.38. The Kier molecular flexibility index (Phi) is 5.36. The molecule has 11 heteroatoms. The molecule has 0 saturated carbocycles. The van der Waals surface area contributed by atoms with E-state index in [0.29, 0.717) is 47.3 Å². The van der Waals surface area contributed by atoms with Gasteiger partial charge in [0.25, 0.3) is 0 Å². The third kappa shape index (κ3) is 4.53. The number of anilines is 2. The van der Waals surface area contributed by atoms with Gasteiger partial charge in [-0.3, -0.25) is 0 Å². The smallest absolute Gasteiger partial charge is 0.368 e. The zero-order chi connectivity index (χ0) is 21.8. The van der Waals surface area contributed by atoms with Crippen LogP contribution in [0.1, 0.15) is 11.1 Å². The number of nitrogens with zero attached hydrogens (tertiary/aromatic N) is 6. The Morgan fingerprint density at radius 3 is 2.45 bits per heavy atom. The molecule has 0 atom stereocenters. The van der Waals surface area contributed by atoms with Crippen molar-refractivity contribution < 1.29 is 13.2 Å². The van der Waals surface area contributed by atoms with Crippen molar-refractivity contribution in [3.63, 3.8) is 0 Å². The Hall–Kier alpha value is -4.20. The molecule has 0 radical (unpaired) electrons. The molecule has 0 spiro atoms. The lowest BCUT2D eigenvalue weighted by Gasteiger charge is -2.11. The van der Waals surface area contributed by atoms with Gasteiger partial charge in [0.1, 0.15) is 18.2 Å². The van der Waals surface area contributed by atoms with Crippen molar-refractivity contribution in [3.05, 3.63) is 66.1 Å². The molecule has 156 valence electrons. The molecule has 0 saturated heterocycles. The molecule has 4 rings (SSSR count). The Balaban J connectivity index is 1.48. The Bertz CT molecular complexity index is 1220. The van der Waals surface area contributed by atoms with Gasteiger partial charge in [-0.2, -0.15) is 28.0 Å². The molecule has 0 fully saturated rings. The minimum absolute atomic E-state index is 0.402. The number of rotatable bonds is 6. The fourth-order valence-electron chi connectivity index (χ4n) is 2.85. The van der Waals surface area contributed by atoms with E-state index in [4.69, 9.17) is 5.26 Å². The molecular formula is C20H15F3N8. The van der Waals surface area contributed by atoms with Gasteiger partial charge in [0.05, 0.1) is 16.8 Å². The minimum Gasteiger partial charge on any atom is -0.368 e. The van der Waals surface area contributed by atoms with Crippen LogP contribution >= 0.6 is 0 Å². The maximum Gasteiger partial charge on any atom is 0.416 e. The number of nitrogens with one attached hydrogen (secondary N) is 2. The van der Waals surface area contributed by atoms with Crippen LogP contribution in [0.5, 0.6) is 0 Å². The van der Waals surface area contributed by atoms with Crippen LogP contribution in [-0.2, 0) is 6.18 Å². The summed E-state index contributed by atoms with van der Waals surface area (Å²) in [6.07, 6.45) is -1.55. The number of hydrogen-bond donors (Lipinski definition) is 2. The first-order valence-electron chi connectivity index (χ1n) is 9.16. The second kappa shape index (κ2) is 8.27. The maximum absolute atomic E-state index is 12.8. The summed E-state index contributed by atoms with van der Waals surface area (Å²) < 4.78 is 40.0. The van der Waals surface area contributed by atoms with Crippen LogP contribution in [0.4, 0.5) is 24.9 Å². The van der Waals surface area contributed by atoms with Crippen molar-refractivity contribution >= 4 is 17.4 Å². The van der Waals surface area contributed by atoms with Gasteiger partial charge in [0.2, 0.25) is 5.95 Å². The lowest BCUT2D eigenvalue weighted by Crippen LogP contribution is -2.17. The van der Waals surface area contributed by atoms with Crippen molar-refractivity contribution in [2.75, 3.05) is 23.7 Å². The van der Waals surface area contributed by atoms with E-state index in [2.05, 4.69) is 30.7 Å². The Morgan fingerprint density at radius 2 is 1.77 bits per heavy atom. The second-order valence-electron chi connectivity index (χ2n) is 6.47. The Labute approximate surface area is 174 Å². The van der Waals surface area contributed by atoms with Gasteiger partial charge in [-0.1, -0.05) is 12.1 Å². The zero-order valence-corrected chi connectivity index (χ0v) is 15.9. The number of halogens is 3. The van der Waals surface area contributed by atoms with Gasteiger partial charge in [0.15, 0.2) is 5.65 Å². The number of fused-ring (bicyclic) bond motifs is 1. The molecule has 0 aliphatic rings. The minimum atomic E-state index is -4.40. The number of hydrogen-bond acceptors (Lipinski definition) is 7. The van der Waals surface area contributed by atoms with E-state index < -0.39 is 11.7 Å². The van der Waals surface area contributed by atoms with E-state index in [1.165, 1.54) is 29.2 Å². The summed E-state index contributed by atoms with van der Waals surface area (Å²) in [7, 11) is 0. The highest BCUT2D eigenvalue weighted by atomic mass is 19.4. The molecule has 3 heterocycles. The molecule has 0 aliphatic carbocycles. The van der Waals surface area contributed by atoms with Crippen molar-refractivity contribution in [1.29, 1.82) is 5.26 Å². The predicted octanol–water partition coefficient (Wildman–Crippen LogP) is 3.60. The van der Waals surface area contributed by atoms with Gasteiger partial charge in [-0.25, -0.2) is 15.0 Å². The number of benzene rings is 1. The fourth-order valence-corrected chi connectivity index (χ4v) is 2.85. The lowest BCUT2D eigenvalue weighted by atomic mass is 10.1. The summed E-state index contributed by atoms with van der Waals surface area (Å²) >= 11 is 0. The van der Waals surface area contributed by atoms with Crippen molar-refractivity contribution in [3.8, 4) is 17.3 Å². The summed E-state index contributed by atoms with van der Waals surface area (Å²) in [5, 5.41) is 19.2. The molecule has 0 unspecified atom stereocenters. The van der Waals surface area contributed by atoms with E-state index in [-0.39, 0.29) is 0 Å². The van der Waals surface area contributed by atoms with Gasteiger partial charge in [-0.05, 0) is 24.3 Å². The molecule has 0 bridgehead atoms. The highest BCUT2D eigenvalue weighted by Gasteiger charge is 2.30. The monoisotopic (exact) mass is 424 g/mol. The standard InChI is InChI=1S/C20H15F3N8/c21-20(22,23)15-4-2-14(3-5-15)16-9-18-28-12-29-31(18)19(30-16)26-8-7-25-17-6-1-13(10-24)11-27-17/h1-6,9,11-12H,7-8H2,(H,25,27)(H,26,30). The topological polar surface area (TPSA) is 104 Å². The van der Waals surface area contributed by atoms with E-state index in [0.717, 1.165) is 12.1 Å². The molecule has 8 nitrogen and oxygen atoms in total. The van der Waals surface area contributed by atoms with Crippen LogP contribution in [0.2, 0.25) is 0 Å².